The standard InChI is InChI=1S/C16H18ClN5O2/c17-13-1-3-14(4-2-13)19-16(24)22-9-7-21(8-10-22)15(23)11-20-6-5-18-12-20/h1-6,12H,7-11H2,(H,19,24). The number of carbonyl (C=O) groups excluding carboxylic acids is 2. The zero-order valence-electron chi connectivity index (χ0n) is 13.1. The number of urea groups is 1. The Hall–Kier alpha value is -2.54. The monoisotopic (exact) mass is 347 g/mol. The van der Waals surface area contributed by atoms with Crippen molar-refractivity contribution < 1.29 is 9.59 Å². The summed E-state index contributed by atoms with van der Waals surface area (Å²) in [4.78, 5) is 31.9. The van der Waals surface area contributed by atoms with E-state index < -0.39 is 0 Å². The van der Waals surface area contributed by atoms with Gasteiger partial charge in [-0.2, -0.15) is 0 Å². The molecule has 3 amide bonds. The Kier molecular flexibility index (Phi) is 5.00. The minimum Gasteiger partial charge on any atom is -0.338 e. The molecule has 0 aliphatic carbocycles. The maximum Gasteiger partial charge on any atom is 0.321 e. The molecule has 7 nitrogen and oxygen atoms in total. The predicted molar refractivity (Wildman–Crippen MR) is 90.9 cm³/mol. The van der Waals surface area contributed by atoms with Crippen LogP contribution in [0.2, 0.25) is 5.02 Å². The molecule has 1 aliphatic rings. The van der Waals surface area contributed by atoms with Crippen LogP contribution in [-0.4, -0.2) is 57.5 Å². The number of rotatable bonds is 3. The van der Waals surface area contributed by atoms with Gasteiger partial charge in [0.25, 0.3) is 0 Å². The van der Waals surface area contributed by atoms with Crippen molar-refractivity contribution in [1.82, 2.24) is 19.4 Å². The van der Waals surface area contributed by atoms with Crippen LogP contribution in [0.1, 0.15) is 0 Å². The van der Waals surface area contributed by atoms with Crippen LogP contribution in [0.15, 0.2) is 43.0 Å². The van der Waals surface area contributed by atoms with Crippen LogP contribution in [0, 0.1) is 0 Å². The van der Waals surface area contributed by atoms with Gasteiger partial charge < -0.3 is 19.7 Å². The summed E-state index contributed by atoms with van der Waals surface area (Å²) in [7, 11) is 0. The van der Waals surface area contributed by atoms with Crippen molar-refractivity contribution in [1.29, 1.82) is 0 Å². The zero-order valence-corrected chi connectivity index (χ0v) is 13.8. The molecule has 126 valence electrons. The summed E-state index contributed by atoms with van der Waals surface area (Å²) >= 11 is 5.83. The van der Waals surface area contributed by atoms with E-state index in [1.54, 1.807) is 57.4 Å². The van der Waals surface area contributed by atoms with E-state index in [2.05, 4.69) is 10.3 Å². The van der Waals surface area contributed by atoms with Crippen molar-refractivity contribution in [3.05, 3.63) is 48.0 Å². The van der Waals surface area contributed by atoms with Crippen LogP contribution in [0.5, 0.6) is 0 Å². The van der Waals surface area contributed by atoms with Gasteiger partial charge in [0, 0.05) is 49.3 Å². The number of halogens is 1. The first kappa shape index (κ1) is 16.3. The average Bonchev–Trinajstić information content (AvgIpc) is 3.10. The van der Waals surface area contributed by atoms with E-state index in [1.807, 2.05) is 0 Å². The van der Waals surface area contributed by atoms with Gasteiger partial charge in [-0.1, -0.05) is 11.6 Å². The van der Waals surface area contributed by atoms with Crippen LogP contribution >= 0.6 is 11.6 Å². The second-order valence-electron chi connectivity index (χ2n) is 5.54. The topological polar surface area (TPSA) is 70.5 Å². The largest absolute Gasteiger partial charge is 0.338 e. The Labute approximate surface area is 144 Å². The summed E-state index contributed by atoms with van der Waals surface area (Å²) in [6.45, 7) is 2.35. The second-order valence-corrected chi connectivity index (χ2v) is 5.98. The Balaban J connectivity index is 1.48. The number of aromatic nitrogens is 2. The lowest BCUT2D eigenvalue weighted by Crippen LogP contribution is -2.52. The van der Waals surface area contributed by atoms with Crippen LogP contribution in [0.3, 0.4) is 0 Å². The number of benzene rings is 1. The van der Waals surface area contributed by atoms with E-state index in [4.69, 9.17) is 11.6 Å². The molecule has 24 heavy (non-hydrogen) atoms. The minimum absolute atomic E-state index is 0.0331. The summed E-state index contributed by atoms with van der Waals surface area (Å²) < 4.78 is 1.74. The number of nitrogens with zero attached hydrogens (tertiary/aromatic N) is 4. The van der Waals surface area contributed by atoms with Gasteiger partial charge in [0.15, 0.2) is 0 Å². The summed E-state index contributed by atoms with van der Waals surface area (Å²) in [6.07, 6.45) is 5.02. The number of imidazole rings is 1. The van der Waals surface area contributed by atoms with Crippen LogP contribution < -0.4 is 5.32 Å². The highest BCUT2D eigenvalue weighted by molar-refractivity contribution is 6.30. The molecule has 1 fully saturated rings. The molecule has 0 saturated carbocycles. The Bertz CT molecular complexity index is 694. The fourth-order valence-corrected chi connectivity index (χ4v) is 2.66. The normalized spacial score (nSPS) is 14.5. The van der Waals surface area contributed by atoms with E-state index in [1.165, 1.54) is 0 Å². The molecule has 0 radical (unpaired) electrons. The summed E-state index contributed by atoms with van der Waals surface area (Å²) in [5.41, 5.74) is 0.697. The molecule has 1 aromatic carbocycles. The second kappa shape index (κ2) is 7.35. The molecule has 3 rings (SSSR count). The highest BCUT2D eigenvalue weighted by Crippen LogP contribution is 2.14. The highest BCUT2D eigenvalue weighted by Gasteiger charge is 2.24. The van der Waals surface area contributed by atoms with Gasteiger partial charge in [0.2, 0.25) is 5.91 Å². The number of hydrogen-bond donors (Lipinski definition) is 1. The van der Waals surface area contributed by atoms with E-state index in [0.29, 0.717) is 36.9 Å². The van der Waals surface area contributed by atoms with Gasteiger partial charge >= 0.3 is 6.03 Å². The van der Waals surface area contributed by atoms with Crippen molar-refractivity contribution >= 4 is 29.2 Å². The molecular formula is C16H18ClN5O2. The molecule has 1 N–H and O–H groups in total. The van der Waals surface area contributed by atoms with Gasteiger partial charge in [0.1, 0.15) is 6.54 Å². The first-order valence-corrected chi connectivity index (χ1v) is 8.04. The third kappa shape index (κ3) is 4.05. The van der Waals surface area contributed by atoms with E-state index in [9.17, 15) is 9.59 Å². The maximum absolute atomic E-state index is 12.3. The van der Waals surface area contributed by atoms with Gasteiger partial charge in [-0.15, -0.1) is 0 Å². The molecular weight excluding hydrogens is 330 g/mol. The quantitative estimate of drug-likeness (QED) is 0.922. The number of carbonyl (C=O) groups is 2. The molecule has 2 heterocycles. The van der Waals surface area contributed by atoms with E-state index >= 15 is 0 Å². The van der Waals surface area contributed by atoms with Crippen LogP contribution in [0.25, 0.3) is 0 Å². The molecule has 0 spiro atoms. The molecule has 1 saturated heterocycles. The molecule has 0 bridgehead atoms. The summed E-state index contributed by atoms with van der Waals surface area (Å²) in [6, 6.07) is 6.79. The number of hydrogen-bond acceptors (Lipinski definition) is 3. The first-order valence-electron chi connectivity index (χ1n) is 7.67. The molecule has 1 aliphatic heterocycles. The van der Waals surface area contributed by atoms with Gasteiger partial charge in [0.05, 0.1) is 6.33 Å². The SMILES string of the molecule is O=C(Cn1ccnc1)N1CCN(C(=O)Nc2ccc(Cl)cc2)CC1. The van der Waals surface area contributed by atoms with Crippen molar-refractivity contribution in [3.8, 4) is 0 Å². The number of anilines is 1. The highest BCUT2D eigenvalue weighted by atomic mass is 35.5. The van der Waals surface area contributed by atoms with E-state index in [0.717, 1.165) is 0 Å². The van der Waals surface area contributed by atoms with Crippen molar-refractivity contribution in [2.24, 2.45) is 0 Å². The number of piperazine rings is 1. The Morgan fingerprint density at radius 1 is 1.08 bits per heavy atom. The molecule has 0 unspecified atom stereocenters. The average molecular weight is 348 g/mol. The first-order chi connectivity index (χ1) is 11.6. The zero-order chi connectivity index (χ0) is 16.9. The third-order valence-electron chi connectivity index (χ3n) is 3.89. The fraction of sp³-hybridized carbons (Fsp3) is 0.312. The lowest BCUT2D eigenvalue weighted by molar-refractivity contribution is -0.133. The van der Waals surface area contributed by atoms with Crippen molar-refractivity contribution in [2.45, 2.75) is 6.54 Å². The molecule has 0 atom stereocenters. The van der Waals surface area contributed by atoms with Crippen LogP contribution in [-0.2, 0) is 11.3 Å². The number of amides is 3. The Morgan fingerprint density at radius 3 is 2.38 bits per heavy atom. The Morgan fingerprint density at radius 2 is 1.75 bits per heavy atom. The molecule has 2 aromatic rings. The van der Waals surface area contributed by atoms with E-state index in [-0.39, 0.29) is 18.5 Å². The maximum atomic E-state index is 12.3. The van der Waals surface area contributed by atoms with Crippen molar-refractivity contribution in [2.75, 3.05) is 31.5 Å². The van der Waals surface area contributed by atoms with Gasteiger partial charge in [-0.25, -0.2) is 9.78 Å². The van der Waals surface area contributed by atoms with Crippen LogP contribution in [0.4, 0.5) is 10.5 Å². The lowest BCUT2D eigenvalue weighted by Gasteiger charge is -2.34. The predicted octanol–water partition coefficient (Wildman–Crippen LogP) is 1.91. The van der Waals surface area contributed by atoms with Gasteiger partial charge in [-0.05, 0) is 24.3 Å². The minimum atomic E-state index is -0.168. The summed E-state index contributed by atoms with van der Waals surface area (Å²) in [5, 5.41) is 3.45. The van der Waals surface area contributed by atoms with Crippen molar-refractivity contribution in [3.63, 3.8) is 0 Å². The lowest BCUT2D eigenvalue weighted by atomic mass is 10.3. The fourth-order valence-electron chi connectivity index (χ4n) is 2.53. The molecule has 1 aromatic heterocycles. The number of nitrogens with one attached hydrogen (secondary N) is 1. The smallest absolute Gasteiger partial charge is 0.321 e. The van der Waals surface area contributed by atoms with Gasteiger partial charge in [-0.3, -0.25) is 4.79 Å². The third-order valence-corrected chi connectivity index (χ3v) is 4.14. The summed E-state index contributed by atoms with van der Waals surface area (Å²) in [5.74, 6) is 0.0331. The molecule has 8 heteroatoms.